The molecule has 0 radical (unpaired) electrons. The zero-order valence-electron chi connectivity index (χ0n) is 13.2. The quantitative estimate of drug-likeness (QED) is 0.788. The minimum absolute atomic E-state index is 0.0875. The molecule has 0 aromatic heterocycles. The summed E-state index contributed by atoms with van der Waals surface area (Å²) in [6.07, 6.45) is 0.0875. The highest BCUT2D eigenvalue weighted by molar-refractivity contribution is 6.31. The number of amides is 1. The van der Waals surface area contributed by atoms with Gasteiger partial charge in [-0.25, -0.2) is 0 Å². The fourth-order valence-electron chi connectivity index (χ4n) is 2.41. The number of carbonyl (C=O) groups excluding carboxylic acids is 2. The Labute approximate surface area is 145 Å². The predicted molar refractivity (Wildman–Crippen MR) is 91.0 cm³/mol. The molecule has 1 unspecified atom stereocenters. The van der Waals surface area contributed by atoms with Crippen LogP contribution in [0.5, 0.6) is 5.75 Å². The van der Waals surface area contributed by atoms with E-state index >= 15 is 0 Å². The lowest BCUT2D eigenvalue weighted by Crippen LogP contribution is -2.31. The van der Waals surface area contributed by atoms with Crippen LogP contribution in [-0.2, 0) is 14.3 Å². The molecule has 0 heterocycles. The van der Waals surface area contributed by atoms with Crippen molar-refractivity contribution in [3.05, 3.63) is 64.7 Å². The Morgan fingerprint density at radius 2 is 1.96 bits per heavy atom. The molecule has 2 rings (SSSR count). The summed E-state index contributed by atoms with van der Waals surface area (Å²) in [7, 11) is 1.26. The summed E-state index contributed by atoms with van der Waals surface area (Å²) in [5.41, 5.74) is 1.54. The van der Waals surface area contributed by atoms with E-state index in [1.165, 1.54) is 7.11 Å². The lowest BCUT2D eigenvalue weighted by atomic mass is 9.88. The molecule has 0 spiro atoms. The molecule has 0 aliphatic carbocycles. The Morgan fingerprint density at radius 3 is 2.62 bits per heavy atom. The summed E-state index contributed by atoms with van der Waals surface area (Å²) >= 11 is 6.27. The van der Waals surface area contributed by atoms with Crippen molar-refractivity contribution in [3.63, 3.8) is 0 Å². The molecule has 0 aliphatic rings. The van der Waals surface area contributed by atoms with Gasteiger partial charge in [0.1, 0.15) is 12.3 Å². The summed E-state index contributed by atoms with van der Waals surface area (Å²) in [6, 6.07) is 13.9. The van der Waals surface area contributed by atoms with Crippen LogP contribution in [0.3, 0.4) is 0 Å². The minimum atomic E-state index is -0.519. The molecular weight excluding hydrogens is 330 g/mol. The van der Waals surface area contributed by atoms with Gasteiger partial charge in [0.25, 0.3) is 0 Å². The number of ether oxygens (including phenoxy) is 1. The average Bonchev–Trinajstić information content (AvgIpc) is 2.58. The molecule has 5 nitrogen and oxygen atoms in total. The number of hydrogen-bond donors (Lipinski definition) is 2. The number of esters is 1. The third-order valence-corrected chi connectivity index (χ3v) is 3.94. The standard InChI is InChI=1S/C18H18ClNO4/c1-24-18(23)11-20-17(22)10-15(12-5-4-6-13(21)9-12)14-7-2-3-8-16(14)19/h2-9,15,21H,10-11H2,1H3,(H,20,22). The summed E-state index contributed by atoms with van der Waals surface area (Å²) in [6.45, 7) is -0.190. The van der Waals surface area contributed by atoms with Crippen LogP contribution in [0.15, 0.2) is 48.5 Å². The first kappa shape index (κ1) is 17.8. The van der Waals surface area contributed by atoms with E-state index in [0.29, 0.717) is 5.02 Å². The molecule has 0 fully saturated rings. The number of aromatic hydroxyl groups is 1. The highest BCUT2D eigenvalue weighted by Crippen LogP contribution is 2.34. The Kier molecular flexibility index (Phi) is 6.21. The number of methoxy groups -OCH3 is 1. The van der Waals surface area contributed by atoms with Gasteiger partial charge in [0.15, 0.2) is 0 Å². The smallest absolute Gasteiger partial charge is 0.325 e. The van der Waals surface area contributed by atoms with E-state index in [1.54, 1.807) is 24.3 Å². The second-order valence-corrected chi connectivity index (χ2v) is 5.63. The van der Waals surface area contributed by atoms with Gasteiger partial charge in [-0.3, -0.25) is 9.59 Å². The van der Waals surface area contributed by atoms with Gasteiger partial charge < -0.3 is 15.2 Å². The maximum Gasteiger partial charge on any atom is 0.325 e. The van der Waals surface area contributed by atoms with E-state index < -0.39 is 5.97 Å². The van der Waals surface area contributed by atoms with Crippen LogP contribution in [-0.4, -0.2) is 30.6 Å². The molecule has 0 aliphatic heterocycles. The summed E-state index contributed by atoms with van der Waals surface area (Å²) < 4.78 is 4.50. The molecule has 0 saturated heterocycles. The monoisotopic (exact) mass is 347 g/mol. The van der Waals surface area contributed by atoms with Crippen molar-refractivity contribution >= 4 is 23.5 Å². The molecule has 2 aromatic rings. The predicted octanol–water partition coefficient (Wildman–Crippen LogP) is 2.86. The van der Waals surface area contributed by atoms with E-state index in [-0.39, 0.29) is 30.5 Å². The summed E-state index contributed by atoms with van der Waals surface area (Å²) in [5.74, 6) is -1.06. The van der Waals surface area contributed by atoms with Crippen molar-refractivity contribution in [2.75, 3.05) is 13.7 Å². The molecule has 1 atom stereocenters. The Morgan fingerprint density at radius 1 is 1.21 bits per heavy atom. The molecule has 6 heteroatoms. The number of phenols is 1. The first-order valence-electron chi connectivity index (χ1n) is 7.38. The fourth-order valence-corrected chi connectivity index (χ4v) is 2.67. The zero-order valence-corrected chi connectivity index (χ0v) is 13.9. The van der Waals surface area contributed by atoms with Gasteiger partial charge in [0.2, 0.25) is 5.91 Å². The van der Waals surface area contributed by atoms with Gasteiger partial charge in [-0.15, -0.1) is 0 Å². The van der Waals surface area contributed by atoms with Crippen LogP contribution in [0.25, 0.3) is 0 Å². The van der Waals surface area contributed by atoms with E-state index in [4.69, 9.17) is 11.6 Å². The Balaban J connectivity index is 2.25. The SMILES string of the molecule is COC(=O)CNC(=O)CC(c1cccc(O)c1)c1ccccc1Cl. The van der Waals surface area contributed by atoms with E-state index in [9.17, 15) is 14.7 Å². The van der Waals surface area contributed by atoms with Crippen LogP contribution in [0.4, 0.5) is 0 Å². The molecule has 0 saturated carbocycles. The topological polar surface area (TPSA) is 75.6 Å². The average molecular weight is 348 g/mol. The van der Waals surface area contributed by atoms with Gasteiger partial charge in [-0.2, -0.15) is 0 Å². The number of halogens is 1. The van der Waals surface area contributed by atoms with Crippen molar-refractivity contribution in [2.24, 2.45) is 0 Å². The van der Waals surface area contributed by atoms with Gasteiger partial charge in [0, 0.05) is 17.4 Å². The minimum Gasteiger partial charge on any atom is -0.508 e. The zero-order chi connectivity index (χ0) is 17.5. The number of benzene rings is 2. The first-order chi connectivity index (χ1) is 11.5. The van der Waals surface area contributed by atoms with E-state index in [1.807, 2.05) is 24.3 Å². The van der Waals surface area contributed by atoms with Crippen molar-refractivity contribution < 1.29 is 19.4 Å². The van der Waals surface area contributed by atoms with Crippen molar-refractivity contribution in [2.45, 2.75) is 12.3 Å². The van der Waals surface area contributed by atoms with Crippen LogP contribution >= 0.6 is 11.6 Å². The van der Waals surface area contributed by atoms with Crippen molar-refractivity contribution in [1.29, 1.82) is 0 Å². The van der Waals surface area contributed by atoms with Crippen molar-refractivity contribution in [1.82, 2.24) is 5.32 Å². The second-order valence-electron chi connectivity index (χ2n) is 5.23. The number of rotatable bonds is 6. The Hall–Kier alpha value is -2.53. The lowest BCUT2D eigenvalue weighted by molar-refractivity contribution is -0.141. The second kappa shape index (κ2) is 8.36. The lowest BCUT2D eigenvalue weighted by Gasteiger charge is -2.19. The van der Waals surface area contributed by atoms with E-state index in [2.05, 4.69) is 10.1 Å². The highest BCUT2D eigenvalue weighted by Gasteiger charge is 2.21. The van der Waals surface area contributed by atoms with Crippen LogP contribution in [0, 0.1) is 0 Å². The van der Waals surface area contributed by atoms with Gasteiger partial charge in [0.05, 0.1) is 7.11 Å². The summed E-state index contributed by atoms with van der Waals surface area (Å²) in [4.78, 5) is 23.3. The van der Waals surface area contributed by atoms with E-state index in [0.717, 1.165) is 11.1 Å². The van der Waals surface area contributed by atoms with Gasteiger partial charge >= 0.3 is 5.97 Å². The molecule has 2 N–H and O–H groups in total. The molecule has 0 bridgehead atoms. The third kappa shape index (κ3) is 4.73. The van der Waals surface area contributed by atoms with Gasteiger partial charge in [-0.05, 0) is 29.3 Å². The van der Waals surface area contributed by atoms with Crippen LogP contribution < -0.4 is 5.32 Å². The third-order valence-electron chi connectivity index (χ3n) is 3.60. The van der Waals surface area contributed by atoms with Crippen LogP contribution in [0.1, 0.15) is 23.5 Å². The van der Waals surface area contributed by atoms with Crippen molar-refractivity contribution in [3.8, 4) is 5.75 Å². The number of phenolic OH excluding ortho intramolecular Hbond substituents is 1. The molecule has 2 aromatic carbocycles. The Bertz CT molecular complexity index is 732. The maximum absolute atomic E-state index is 12.2. The first-order valence-corrected chi connectivity index (χ1v) is 7.76. The highest BCUT2D eigenvalue weighted by atomic mass is 35.5. The fraction of sp³-hybridized carbons (Fsp3) is 0.222. The molecule has 1 amide bonds. The molecular formula is C18H18ClNO4. The summed E-state index contributed by atoms with van der Waals surface area (Å²) in [5, 5.41) is 12.8. The number of hydrogen-bond acceptors (Lipinski definition) is 4. The normalized spacial score (nSPS) is 11.6. The van der Waals surface area contributed by atoms with Crippen LogP contribution in [0.2, 0.25) is 5.02 Å². The largest absolute Gasteiger partial charge is 0.508 e. The molecule has 126 valence electrons. The maximum atomic E-state index is 12.2. The van der Waals surface area contributed by atoms with Gasteiger partial charge in [-0.1, -0.05) is 41.9 Å². The molecule has 24 heavy (non-hydrogen) atoms. The number of carbonyl (C=O) groups is 2. The number of nitrogens with one attached hydrogen (secondary N) is 1.